The Bertz CT molecular complexity index is 1030. The van der Waals surface area contributed by atoms with Gasteiger partial charge in [-0.2, -0.15) is 0 Å². The molecule has 0 fully saturated rings. The molecule has 0 saturated carbocycles. The van der Waals surface area contributed by atoms with Crippen molar-refractivity contribution in [1.82, 2.24) is 15.0 Å². The number of hydrogen-bond donors (Lipinski definition) is 3. The number of nitrogens with one attached hydrogen (secondary N) is 3. The third kappa shape index (κ3) is 5.01. The summed E-state index contributed by atoms with van der Waals surface area (Å²) in [5, 5.41) is 5.80. The van der Waals surface area contributed by atoms with E-state index in [9.17, 15) is 9.59 Å². The third-order valence-electron chi connectivity index (χ3n) is 3.78. The molecule has 0 spiro atoms. The number of H-pyrrole nitrogens is 1. The number of aromatic nitrogens is 3. The molecule has 3 rings (SSSR count). The van der Waals surface area contributed by atoms with E-state index in [0.29, 0.717) is 22.9 Å². The van der Waals surface area contributed by atoms with Gasteiger partial charge in [-0.3, -0.25) is 9.59 Å². The summed E-state index contributed by atoms with van der Waals surface area (Å²) in [6, 6.07) is 10.6. The van der Waals surface area contributed by atoms with Gasteiger partial charge in [0.25, 0.3) is 5.56 Å². The van der Waals surface area contributed by atoms with Crippen molar-refractivity contribution >= 4 is 33.3 Å². The first-order valence-corrected chi connectivity index (χ1v) is 9.04. The number of aromatic amines is 1. The van der Waals surface area contributed by atoms with Gasteiger partial charge in [-0.25, -0.2) is 9.97 Å². The minimum absolute atomic E-state index is 0.0843. The first-order chi connectivity index (χ1) is 12.9. The number of aryl methyl sites for hydroxylation is 2. The predicted molar refractivity (Wildman–Crippen MR) is 109 cm³/mol. The van der Waals surface area contributed by atoms with Crippen LogP contribution in [0.15, 0.2) is 51.9 Å². The van der Waals surface area contributed by atoms with Crippen LogP contribution in [0, 0.1) is 13.8 Å². The van der Waals surface area contributed by atoms with Gasteiger partial charge < -0.3 is 15.6 Å². The van der Waals surface area contributed by atoms with Crippen LogP contribution in [-0.4, -0.2) is 27.4 Å². The van der Waals surface area contributed by atoms with Crippen LogP contribution in [0.4, 0.5) is 11.5 Å². The fourth-order valence-corrected chi connectivity index (χ4v) is 2.70. The molecule has 0 aliphatic carbocycles. The standard InChI is InChI=1S/C19H18BrN5O2/c1-11-7-14(4-5-15(11)20)24-18(27)10-22-16-6-3-13(9-21-16)19-23-12(2)8-17(26)25-19/h3-9H,10H2,1-2H3,(H,21,22)(H,24,27)(H,23,25,26). The average molecular weight is 428 g/mol. The molecule has 2 heterocycles. The lowest BCUT2D eigenvalue weighted by Crippen LogP contribution is -2.22. The topological polar surface area (TPSA) is 99.8 Å². The number of halogens is 1. The zero-order chi connectivity index (χ0) is 19.4. The predicted octanol–water partition coefficient (Wildman–Crippen LogP) is 3.26. The Balaban J connectivity index is 1.60. The quantitative estimate of drug-likeness (QED) is 0.580. The summed E-state index contributed by atoms with van der Waals surface area (Å²) >= 11 is 3.43. The van der Waals surface area contributed by atoms with Gasteiger partial charge in [0.15, 0.2) is 0 Å². The van der Waals surface area contributed by atoms with Gasteiger partial charge in [0.1, 0.15) is 11.6 Å². The lowest BCUT2D eigenvalue weighted by Gasteiger charge is -2.09. The van der Waals surface area contributed by atoms with Crippen molar-refractivity contribution in [2.45, 2.75) is 13.8 Å². The Morgan fingerprint density at radius 1 is 1.19 bits per heavy atom. The highest BCUT2D eigenvalue weighted by Gasteiger charge is 2.06. The maximum atomic E-state index is 12.1. The number of carbonyl (C=O) groups is 1. The van der Waals surface area contributed by atoms with Crippen LogP contribution < -0.4 is 16.2 Å². The van der Waals surface area contributed by atoms with Crippen molar-refractivity contribution in [1.29, 1.82) is 0 Å². The van der Waals surface area contributed by atoms with Crippen molar-refractivity contribution in [3.8, 4) is 11.4 Å². The summed E-state index contributed by atoms with van der Waals surface area (Å²) in [5.41, 5.74) is 2.90. The van der Waals surface area contributed by atoms with Crippen LogP contribution in [-0.2, 0) is 4.79 Å². The van der Waals surface area contributed by atoms with E-state index in [1.807, 2.05) is 25.1 Å². The smallest absolute Gasteiger partial charge is 0.251 e. The Morgan fingerprint density at radius 2 is 2.00 bits per heavy atom. The number of amides is 1. The van der Waals surface area contributed by atoms with Gasteiger partial charge in [-0.1, -0.05) is 15.9 Å². The molecule has 1 amide bonds. The molecule has 0 unspecified atom stereocenters. The van der Waals surface area contributed by atoms with Gasteiger partial charge in [0.05, 0.1) is 6.54 Å². The number of anilines is 2. The van der Waals surface area contributed by atoms with E-state index >= 15 is 0 Å². The van der Waals surface area contributed by atoms with Crippen molar-refractivity contribution in [3.63, 3.8) is 0 Å². The molecule has 8 heteroatoms. The Morgan fingerprint density at radius 3 is 2.67 bits per heavy atom. The van der Waals surface area contributed by atoms with Crippen molar-refractivity contribution < 1.29 is 4.79 Å². The molecule has 2 aromatic heterocycles. The van der Waals surface area contributed by atoms with E-state index in [4.69, 9.17) is 0 Å². The number of hydrogen-bond acceptors (Lipinski definition) is 5. The second-order valence-corrected chi connectivity index (χ2v) is 6.89. The van der Waals surface area contributed by atoms with Crippen molar-refractivity contribution in [3.05, 3.63) is 68.7 Å². The Kier molecular flexibility index (Phi) is 5.66. The Hall–Kier alpha value is -3.00. The normalized spacial score (nSPS) is 10.5. The Labute approximate surface area is 164 Å². The summed E-state index contributed by atoms with van der Waals surface area (Å²) in [6.45, 7) is 3.80. The first kappa shape index (κ1) is 18.8. The van der Waals surface area contributed by atoms with E-state index in [0.717, 1.165) is 15.7 Å². The van der Waals surface area contributed by atoms with Crippen LogP contribution in [0.1, 0.15) is 11.3 Å². The highest BCUT2D eigenvalue weighted by molar-refractivity contribution is 9.10. The van der Waals surface area contributed by atoms with Gasteiger partial charge in [-0.05, 0) is 49.7 Å². The largest absolute Gasteiger partial charge is 0.361 e. The third-order valence-corrected chi connectivity index (χ3v) is 4.67. The fourth-order valence-electron chi connectivity index (χ4n) is 2.45. The summed E-state index contributed by atoms with van der Waals surface area (Å²) in [7, 11) is 0. The minimum atomic E-state index is -0.209. The molecule has 0 aliphatic heterocycles. The van der Waals surface area contributed by atoms with Crippen LogP contribution in [0.3, 0.4) is 0 Å². The SMILES string of the molecule is Cc1cc(=O)[nH]c(-c2ccc(NCC(=O)Nc3ccc(Br)c(C)c3)nc2)n1. The molecule has 7 nitrogen and oxygen atoms in total. The first-order valence-electron chi connectivity index (χ1n) is 8.25. The number of rotatable bonds is 5. The minimum Gasteiger partial charge on any atom is -0.361 e. The van der Waals surface area contributed by atoms with Crippen LogP contribution >= 0.6 is 15.9 Å². The molecule has 27 heavy (non-hydrogen) atoms. The molecule has 1 aromatic carbocycles. The number of benzene rings is 1. The highest BCUT2D eigenvalue weighted by atomic mass is 79.9. The summed E-state index contributed by atoms with van der Waals surface area (Å²) in [4.78, 5) is 34.8. The van der Waals surface area contributed by atoms with E-state index in [1.54, 1.807) is 25.3 Å². The molecular formula is C19H18BrN5O2. The maximum absolute atomic E-state index is 12.1. The number of pyridine rings is 1. The molecule has 0 atom stereocenters. The van der Waals surface area contributed by atoms with Crippen molar-refractivity contribution in [2.75, 3.05) is 17.2 Å². The van der Waals surface area contributed by atoms with E-state index < -0.39 is 0 Å². The average Bonchev–Trinajstić information content (AvgIpc) is 2.63. The molecule has 3 aromatic rings. The summed E-state index contributed by atoms with van der Waals surface area (Å²) in [5.74, 6) is 0.838. The highest BCUT2D eigenvalue weighted by Crippen LogP contribution is 2.20. The van der Waals surface area contributed by atoms with Crippen LogP contribution in [0.25, 0.3) is 11.4 Å². The van der Waals surface area contributed by atoms with Gasteiger partial charge in [-0.15, -0.1) is 0 Å². The second kappa shape index (κ2) is 8.13. The molecule has 138 valence electrons. The molecular weight excluding hydrogens is 410 g/mol. The molecule has 0 bridgehead atoms. The van der Waals surface area contributed by atoms with E-state index in [1.165, 1.54) is 6.07 Å². The van der Waals surface area contributed by atoms with Gasteiger partial charge in [0.2, 0.25) is 5.91 Å². The fraction of sp³-hybridized carbons (Fsp3) is 0.158. The molecule has 0 radical (unpaired) electrons. The van der Waals surface area contributed by atoms with Crippen LogP contribution in [0.2, 0.25) is 0 Å². The lowest BCUT2D eigenvalue weighted by molar-refractivity contribution is -0.114. The maximum Gasteiger partial charge on any atom is 0.251 e. The van der Waals surface area contributed by atoms with Gasteiger partial charge in [0, 0.05) is 33.7 Å². The second-order valence-electron chi connectivity index (χ2n) is 6.03. The van der Waals surface area contributed by atoms with E-state index in [2.05, 4.69) is 41.5 Å². The van der Waals surface area contributed by atoms with Crippen molar-refractivity contribution in [2.24, 2.45) is 0 Å². The number of nitrogens with zero attached hydrogens (tertiary/aromatic N) is 2. The number of carbonyl (C=O) groups excluding carboxylic acids is 1. The van der Waals surface area contributed by atoms with E-state index in [-0.39, 0.29) is 18.0 Å². The van der Waals surface area contributed by atoms with Gasteiger partial charge >= 0.3 is 0 Å². The van der Waals surface area contributed by atoms with Crippen LogP contribution in [0.5, 0.6) is 0 Å². The summed E-state index contributed by atoms with van der Waals surface area (Å²) < 4.78 is 0.993. The summed E-state index contributed by atoms with van der Waals surface area (Å²) in [6.07, 6.45) is 1.59. The molecule has 0 aliphatic rings. The zero-order valence-corrected chi connectivity index (χ0v) is 16.4. The molecule has 0 saturated heterocycles. The lowest BCUT2D eigenvalue weighted by atomic mass is 10.2. The molecule has 3 N–H and O–H groups in total. The zero-order valence-electron chi connectivity index (χ0n) is 14.8. The monoisotopic (exact) mass is 427 g/mol.